The van der Waals surface area contributed by atoms with E-state index >= 15 is 0 Å². The maximum absolute atomic E-state index is 8.60. The van der Waals surface area contributed by atoms with Crippen LogP contribution in [-0.2, 0) is 0 Å². The van der Waals surface area contributed by atoms with Gasteiger partial charge in [0.15, 0.2) is 0 Å². The molecule has 1 aliphatic rings. The van der Waals surface area contributed by atoms with Gasteiger partial charge in [-0.25, -0.2) is 0 Å². The smallest absolute Gasteiger partial charge is 0.0991 e. The third-order valence-electron chi connectivity index (χ3n) is 1.49. The van der Waals surface area contributed by atoms with Crippen LogP contribution in [0.25, 0.3) is 0 Å². The molecular weight excluding hydrogens is 122 g/mol. The Hall–Kier alpha value is -1.29. The quantitative estimate of drug-likeness (QED) is 0.495. The van der Waals surface area contributed by atoms with Crippen molar-refractivity contribution in [2.45, 2.75) is 13.3 Å². The number of nitriles is 1. The van der Waals surface area contributed by atoms with Crippen molar-refractivity contribution in [3.63, 3.8) is 0 Å². The average Bonchev–Trinajstić information content (AvgIpc) is 2.13. The number of hydrogen-bond donors (Lipinski definition) is 0. The summed E-state index contributed by atoms with van der Waals surface area (Å²) in [7, 11) is 0. The molecule has 1 rings (SSSR count). The second-order valence-electron chi connectivity index (χ2n) is 2.24. The van der Waals surface area contributed by atoms with Crippen LogP contribution in [0.3, 0.4) is 0 Å². The number of nitrogens with zero attached hydrogens (tertiary/aromatic N) is 1. The highest BCUT2D eigenvalue weighted by molar-refractivity contribution is 5.43. The lowest BCUT2D eigenvalue weighted by Crippen LogP contribution is -1.78. The molecule has 0 radical (unpaired) electrons. The van der Waals surface area contributed by atoms with Gasteiger partial charge < -0.3 is 0 Å². The molecule has 0 amide bonds. The van der Waals surface area contributed by atoms with Gasteiger partial charge in [0.05, 0.1) is 11.6 Å². The first-order chi connectivity index (χ1) is 4.84. The predicted octanol–water partition coefficient (Wildman–Crippen LogP) is 2.34. The summed E-state index contributed by atoms with van der Waals surface area (Å²) in [6.07, 6.45) is 8.79. The highest BCUT2D eigenvalue weighted by Gasteiger charge is 1.97. The molecule has 0 saturated heterocycles. The van der Waals surface area contributed by atoms with E-state index in [1.165, 1.54) is 0 Å². The molecule has 0 N–H and O–H groups in total. The van der Waals surface area contributed by atoms with Crippen molar-refractivity contribution < 1.29 is 0 Å². The number of rotatable bonds is 0. The van der Waals surface area contributed by atoms with E-state index < -0.39 is 0 Å². The Kier molecular flexibility index (Phi) is 2.07. The lowest BCUT2D eigenvalue weighted by molar-refractivity contribution is 1.34. The van der Waals surface area contributed by atoms with Gasteiger partial charge in [0, 0.05) is 0 Å². The molecule has 1 aliphatic carbocycles. The first-order valence-corrected chi connectivity index (χ1v) is 3.28. The molecule has 0 atom stereocenters. The van der Waals surface area contributed by atoms with E-state index in [1.807, 2.05) is 31.2 Å². The summed E-state index contributed by atoms with van der Waals surface area (Å²) in [4.78, 5) is 0. The number of allylic oxidation sites excluding steroid dienone is 6. The summed E-state index contributed by atoms with van der Waals surface area (Å²) in [6, 6.07) is 2.15. The normalized spacial score (nSPS) is 16.8. The molecule has 1 nitrogen and oxygen atoms in total. The van der Waals surface area contributed by atoms with Crippen LogP contribution in [-0.4, -0.2) is 0 Å². The maximum atomic E-state index is 8.60. The van der Waals surface area contributed by atoms with E-state index in [-0.39, 0.29) is 0 Å². The Morgan fingerprint density at radius 1 is 1.60 bits per heavy atom. The van der Waals surface area contributed by atoms with Gasteiger partial charge in [-0.1, -0.05) is 24.3 Å². The van der Waals surface area contributed by atoms with Crippen LogP contribution >= 0.6 is 0 Å². The molecule has 0 aromatic rings. The van der Waals surface area contributed by atoms with E-state index in [0.29, 0.717) is 0 Å². The Morgan fingerprint density at radius 3 is 3.10 bits per heavy atom. The topological polar surface area (TPSA) is 23.8 Å². The minimum absolute atomic E-state index is 0.796. The van der Waals surface area contributed by atoms with Crippen LogP contribution in [0.2, 0.25) is 0 Å². The zero-order valence-electron chi connectivity index (χ0n) is 5.96. The van der Waals surface area contributed by atoms with Crippen molar-refractivity contribution >= 4 is 0 Å². The Morgan fingerprint density at radius 2 is 2.40 bits per heavy atom. The lowest BCUT2D eigenvalue weighted by atomic mass is 10.1. The minimum atomic E-state index is 0.796. The van der Waals surface area contributed by atoms with Crippen LogP contribution in [0.1, 0.15) is 13.3 Å². The summed E-state index contributed by atoms with van der Waals surface area (Å²) in [6.45, 7) is 1.95. The van der Waals surface area contributed by atoms with Crippen molar-refractivity contribution in [3.05, 3.63) is 35.5 Å². The third-order valence-corrected chi connectivity index (χ3v) is 1.49. The fraction of sp³-hybridized carbons (Fsp3) is 0.222. The number of hydrogen-bond acceptors (Lipinski definition) is 1. The molecule has 0 spiro atoms. The molecule has 0 heterocycles. The van der Waals surface area contributed by atoms with Crippen molar-refractivity contribution in [2.24, 2.45) is 0 Å². The second-order valence-corrected chi connectivity index (χ2v) is 2.24. The van der Waals surface area contributed by atoms with E-state index in [0.717, 1.165) is 17.6 Å². The fourth-order valence-electron chi connectivity index (χ4n) is 0.861. The highest BCUT2D eigenvalue weighted by Crippen LogP contribution is 2.12. The summed E-state index contributed by atoms with van der Waals surface area (Å²) in [5, 5.41) is 8.60. The highest BCUT2D eigenvalue weighted by atomic mass is 14.2. The minimum Gasteiger partial charge on any atom is -0.192 e. The van der Waals surface area contributed by atoms with Gasteiger partial charge in [0.2, 0.25) is 0 Å². The van der Waals surface area contributed by atoms with Gasteiger partial charge in [0.25, 0.3) is 0 Å². The summed E-state index contributed by atoms with van der Waals surface area (Å²) >= 11 is 0. The average molecular weight is 131 g/mol. The fourth-order valence-corrected chi connectivity index (χ4v) is 0.861. The molecule has 0 saturated carbocycles. The summed E-state index contributed by atoms with van der Waals surface area (Å²) in [5.74, 6) is 0. The third kappa shape index (κ3) is 1.35. The van der Waals surface area contributed by atoms with Gasteiger partial charge in [-0.3, -0.25) is 0 Å². The molecule has 0 aliphatic heterocycles. The standard InChI is InChI=1S/C9H9N/c1-8-5-3-2-4-6-9(8)7-10/h2-3,5-6H,4H2,1H3. The molecule has 0 bridgehead atoms. The summed E-state index contributed by atoms with van der Waals surface area (Å²) < 4.78 is 0. The molecule has 0 unspecified atom stereocenters. The summed E-state index contributed by atoms with van der Waals surface area (Å²) in [5.41, 5.74) is 1.85. The van der Waals surface area contributed by atoms with E-state index in [1.54, 1.807) is 0 Å². The lowest BCUT2D eigenvalue weighted by Gasteiger charge is -1.91. The van der Waals surface area contributed by atoms with Gasteiger partial charge in [-0.05, 0) is 18.9 Å². The SMILES string of the molecule is CC1=CC=CCC=C1C#N. The Balaban J connectivity index is 2.94. The van der Waals surface area contributed by atoms with Gasteiger partial charge in [0.1, 0.15) is 0 Å². The van der Waals surface area contributed by atoms with Crippen LogP contribution < -0.4 is 0 Å². The van der Waals surface area contributed by atoms with E-state index in [2.05, 4.69) is 6.07 Å². The molecule has 1 heteroatoms. The molecule has 10 heavy (non-hydrogen) atoms. The van der Waals surface area contributed by atoms with Crippen LogP contribution in [0.15, 0.2) is 35.5 Å². The Labute approximate surface area is 61.0 Å². The molecule has 0 fully saturated rings. The van der Waals surface area contributed by atoms with Gasteiger partial charge in [-0.2, -0.15) is 5.26 Å². The predicted molar refractivity (Wildman–Crippen MR) is 41.2 cm³/mol. The maximum Gasteiger partial charge on any atom is 0.0991 e. The van der Waals surface area contributed by atoms with Crippen LogP contribution in [0, 0.1) is 11.3 Å². The van der Waals surface area contributed by atoms with Crippen molar-refractivity contribution in [1.82, 2.24) is 0 Å². The van der Waals surface area contributed by atoms with Crippen LogP contribution in [0.4, 0.5) is 0 Å². The first-order valence-electron chi connectivity index (χ1n) is 3.28. The van der Waals surface area contributed by atoms with Gasteiger partial charge >= 0.3 is 0 Å². The van der Waals surface area contributed by atoms with Crippen molar-refractivity contribution in [3.8, 4) is 6.07 Å². The molecule has 50 valence electrons. The van der Waals surface area contributed by atoms with Crippen molar-refractivity contribution in [1.29, 1.82) is 5.26 Å². The second kappa shape index (κ2) is 3.03. The Bertz CT molecular complexity index is 248. The van der Waals surface area contributed by atoms with E-state index in [9.17, 15) is 0 Å². The van der Waals surface area contributed by atoms with Crippen LogP contribution in [0.5, 0.6) is 0 Å². The molecule has 0 aromatic carbocycles. The zero-order chi connectivity index (χ0) is 7.40. The monoisotopic (exact) mass is 131 g/mol. The molecule has 0 aromatic heterocycles. The zero-order valence-corrected chi connectivity index (χ0v) is 5.96. The van der Waals surface area contributed by atoms with E-state index in [4.69, 9.17) is 5.26 Å². The van der Waals surface area contributed by atoms with Gasteiger partial charge in [-0.15, -0.1) is 0 Å². The van der Waals surface area contributed by atoms with Crippen molar-refractivity contribution in [2.75, 3.05) is 0 Å². The first kappa shape index (κ1) is 6.82. The molecular formula is C9H9N. The largest absolute Gasteiger partial charge is 0.192 e.